The zero-order valence-electron chi connectivity index (χ0n) is 15.2. The van der Waals surface area contributed by atoms with Crippen LogP contribution in [0.4, 0.5) is 0 Å². The topological polar surface area (TPSA) is 155 Å². The molecule has 1 aromatic heterocycles. The largest absolute Gasteiger partial charge is 0.477 e. The average molecular weight is 409 g/mol. The smallest absolute Gasteiger partial charge is 0.358 e. The molecule has 3 heterocycles. The Morgan fingerprint density at radius 2 is 2.07 bits per heavy atom. The molecule has 0 bridgehead atoms. The van der Waals surface area contributed by atoms with Crippen LogP contribution < -0.4 is 5.32 Å². The van der Waals surface area contributed by atoms with Gasteiger partial charge in [-0.15, -0.1) is 16.9 Å². The van der Waals surface area contributed by atoms with Gasteiger partial charge in [0.2, 0.25) is 11.8 Å². The van der Waals surface area contributed by atoms with Crippen molar-refractivity contribution in [3.8, 4) is 0 Å². The fourth-order valence-corrected chi connectivity index (χ4v) is 4.56. The van der Waals surface area contributed by atoms with Crippen molar-refractivity contribution in [1.82, 2.24) is 25.2 Å². The lowest BCUT2D eigenvalue weighted by Gasteiger charge is -2.45. The quantitative estimate of drug-likeness (QED) is 0.395. The number of carboxylic acids is 2. The molecule has 1 saturated heterocycles. The molecule has 3 N–H and O–H groups in total. The Labute approximate surface area is 163 Å². The maximum absolute atomic E-state index is 12.7. The predicted molar refractivity (Wildman–Crippen MR) is 96.2 cm³/mol. The van der Waals surface area contributed by atoms with Crippen molar-refractivity contribution in [1.29, 1.82) is 0 Å². The summed E-state index contributed by atoms with van der Waals surface area (Å²) >= 11 is 1.31. The van der Waals surface area contributed by atoms with Gasteiger partial charge in [-0.2, -0.15) is 0 Å². The van der Waals surface area contributed by atoms with Gasteiger partial charge in [0.1, 0.15) is 5.70 Å². The third-order valence-electron chi connectivity index (χ3n) is 4.79. The molecule has 28 heavy (non-hydrogen) atoms. The molecule has 12 heteroatoms. The highest BCUT2D eigenvalue weighted by Crippen LogP contribution is 2.49. The lowest BCUT2D eigenvalue weighted by Crippen LogP contribution is -2.60. The Balaban J connectivity index is 1.72. The summed E-state index contributed by atoms with van der Waals surface area (Å²) in [7, 11) is 0. The van der Waals surface area contributed by atoms with Gasteiger partial charge in [-0.1, -0.05) is 5.21 Å². The first kappa shape index (κ1) is 19.9. The van der Waals surface area contributed by atoms with Crippen LogP contribution in [0.3, 0.4) is 0 Å². The van der Waals surface area contributed by atoms with Crippen LogP contribution in [0.25, 0.3) is 0 Å². The Hall–Kier alpha value is -2.89. The summed E-state index contributed by atoms with van der Waals surface area (Å²) < 4.78 is 1.33. The van der Waals surface area contributed by atoms with E-state index in [9.17, 15) is 24.3 Å². The monoisotopic (exact) mass is 409 g/mol. The molecule has 3 rings (SSSR count). The summed E-state index contributed by atoms with van der Waals surface area (Å²) in [6, 6.07) is -0.789. The zero-order chi connectivity index (χ0) is 20.6. The SMILES string of the molecule is CC(=O)NCCSC1=C(C(=O)O)N2C(=O)[C@H]([C@@H](C)n3cc(C(=O)O)nn3)[C@H]2C1. The number of nitrogens with one attached hydrogen (secondary N) is 1. The number of aliphatic carboxylic acids is 1. The minimum absolute atomic E-state index is 0.0175. The van der Waals surface area contributed by atoms with Crippen LogP contribution in [0.1, 0.15) is 36.8 Å². The number of carboxylic acid groups (broad SMARTS) is 2. The van der Waals surface area contributed by atoms with Crippen molar-refractivity contribution in [3.63, 3.8) is 0 Å². The highest BCUT2D eigenvalue weighted by atomic mass is 32.2. The fraction of sp³-hybridized carbons (Fsp3) is 0.500. The molecule has 0 unspecified atom stereocenters. The number of aromatic carboxylic acids is 1. The summed E-state index contributed by atoms with van der Waals surface area (Å²) in [5.41, 5.74) is -0.239. The second kappa shape index (κ2) is 7.62. The molecule has 1 fully saturated rings. The number of fused-ring (bicyclic) bond motifs is 1. The van der Waals surface area contributed by atoms with Gasteiger partial charge >= 0.3 is 11.9 Å². The van der Waals surface area contributed by atoms with Gasteiger partial charge in [-0.05, 0) is 6.92 Å². The molecular weight excluding hydrogens is 390 g/mol. The van der Waals surface area contributed by atoms with Crippen molar-refractivity contribution in [2.24, 2.45) is 5.92 Å². The van der Waals surface area contributed by atoms with Gasteiger partial charge in [-0.3, -0.25) is 9.59 Å². The van der Waals surface area contributed by atoms with Gasteiger partial charge < -0.3 is 20.4 Å². The third-order valence-corrected chi connectivity index (χ3v) is 5.91. The van der Waals surface area contributed by atoms with Crippen LogP contribution in [-0.4, -0.2) is 72.2 Å². The molecular formula is C16H19N5O6S. The molecule has 0 radical (unpaired) electrons. The number of carbonyl (C=O) groups is 4. The van der Waals surface area contributed by atoms with Gasteiger partial charge in [0, 0.05) is 30.5 Å². The lowest BCUT2D eigenvalue weighted by molar-refractivity contribution is -0.157. The van der Waals surface area contributed by atoms with E-state index in [-0.39, 0.29) is 29.2 Å². The van der Waals surface area contributed by atoms with Gasteiger partial charge in [0.15, 0.2) is 5.69 Å². The van der Waals surface area contributed by atoms with Gasteiger partial charge in [0.05, 0.1) is 24.2 Å². The number of hydrogen-bond acceptors (Lipinski definition) is 7. The minimum atomic E-state index is -1.21. The first-order valence-corrected chi connectivity index (χ1v) is 9.52. The van der Waals surface area contributed by atoms with E-state index in [4.69, 9.17) is 5.11 Å². The van der Waals surface area contributed by atoms with E-state index in [0.29, 0.717) is 23.6 Å². The van der Waals surface area contributed by atoms with Crippen molar-refractivity contribution in [2.75, 3.05) is 12.3 Å². The zero-order valence-corrected chi connectivity index (χ0v) is 16.0. The van der Waals surface area contributed by atoms with Crippen molar-refractivity contribution < 1.29 is 29.4 Å². The van der Waals surface area contributed by atoms with E-state index in [2.05, 4.69) is 15.6 Å². The van der Waals surface area contributed by atoms with E-state index in [1.54, 1.807) is 6.92 Å². The standard InChI is InChI=1S/C16H19N5O6S/c1-7(20-6-9(15(24)25)18-19-20)12-10-5-11(28-4-3-17-8(2)22)13(16(26)27)21(10)14(12)23/h6-7,10,12H,3-5H2,1-2H3,(H,17,22)(H,24,25)(H,26,27)/t7-,10-,12-/m1/s1. The number of hydrogen-bond donors (Lipinski definition) is 3. The number of amides is 2. The summed E-state index contributed by atoms with van der Waals surface area (Å²) in [6.45, 7) is 3.52. The Bertz CT molecular complexity index is 881. The van der Waals surface area contributed by atoms with Crippen molar-refractivity contribution in [3.05, 3.63) is 22.5 Å². The van der Waals surface area contributed by atoms with Crippen molar-refractivity contribution >= 4 is 35.5 Å². The van der Waals surface area contributed by atoms with Crippen LogP contribution >= 0.6 is 11.8 Å². The highest BCUT2D eigenvalue weighted by Gasteiger charge is 2.57. The number of thioether (sulfide) groups is 1. The molecule has 0 spiro atoms. The van der Waals surface area contributed by atoms with E-state index in [1.165, 1.54) is 34.5 Å². The summed E-state index contributed by atoms with van der Waals surface area (Å²) in [5.74, 6) is -2.91. The fourth-order valence-electron chi connectivity index (χ4n) is 3.50. The van der Waals surface area contributed by atoms with E-state index < -0.39 is 23.9 Å². The lowest BCUT2D eigenvalue weighted by atomic mass is 9.82. The first-order valence-electron chi connectivity index (χ1n) is 8.54. The number of aromatic nitrogens is 3. The van der Waals surface area contributed by atoms with E-state index in [0.717, 1.165) is 0 Å². The predicted octanol–water partition coefficient (Wildman–Crippen LogP) is -0.0665. The minimum Gasteiger partial charge on any atom is -0.477 e. The second-order valence-corrected chi connectivity index (χ2v) is 7.73. The molecule has 150 valence electrons. The summed E-state index contributed by atoms with van der Waals surface area (Å²) in [6.07, 6.45) is 1.65. The van der Waals surface area contributed by atoms with E-state index in [1.807, 2.05) is 0 Å². The van der Waals surface area contributed by atoms with Crippen LogP contribution in [-0.2, 0) is 14.4 Å². The molecule has 11 nitrogen and oxygen atoms in total. The average Bonchev–Trinajstić information content (AvgIpc) is 3.22. The number of β-lactam (4-membered cyclic amide) rings is 1. The normalized spacial score (nSPS) is 21.9. The summed E-state index contributed by atoms with van der Waals surface area (Å²) in [4.78, 5) is 48.1. The van der Waals surface area contributed by atoms with Crippen molar-refractivity contribution in [2.45, 2.75) is 32.4 Å². The third kappa shape index (κ3) is 3.46. The highest BCUT2D eigenvalue weighted by molar-refractivity contribution is 8.03. The number of carbonyl (C=O) groups excluding carboxylic acids is 2. The van der Waals surface area contributed by atoms with Crippen LogP contribution in [0, 0.1) is 5.92 Å². The maximum atomic E-state index is 12.7. The molecule has 3 atom stereocenters. The first-order chi connectivity index (χ1) is 13.2. The molecule has 2 amide bonds. The molecule has 0 saturated carbocycles. The molecule has 0 aliphatic carbocycles. The molecule has 2 aliphatic rings. The van der Waals surface area contributed by atoms with E-state index >= 15 is 0 Å². The van der Waals surface area contributed by atoms with Crippen LogP contribution in [0.15, 0.2) is 16.8 Å². The Morgan fingerprint density at radius 1 is 1.36 bits per heavy atom. The van der Waals surface area contributed by atoms with Gasteiger partial charge in [-0.25, -0.2) is 14.3 Å². The second-order valence-electron chi connectivity index (χ2n) is 6.54. The number of nitrogens with zero attached hydrogens (tertiary/aromatic N) is 4. The maximum Gasteiger partial charge on any atom is 0.358 e. The molecule has 2 aliphatic heterocycles. The van der Waals surface area contributed by atoms with Gasteiger partial charge in [0.25, 0.3) is 0 Å². The Kier molecular flexibility index (Phi) is 5.40. The Morgan fingerprint density at radius 3 is 2.64 bits per heavy atom. The molecule has 1 aromatic rings. The van der Waals surface area contributed by atoms with Crippen LogP contribution in [0.2, 0.25) is 0 Å². The number of rotatable bonds is 8. The molecule has 0 aromatic carbocycles. The van der Waals surface area contributed by atoms with Crippen LogP contribution in [0.5, 0.6) is 0 Å². The summed E-state index contributed by atoms with van der Waals surface area (Å²) in [5, 5.41) is 28.5.